The van der Waals surface area contributed by atoms with Crippen molar-refractivity contribution in [2.75, 3.05) is 0 Å². The Morgan fingerprint density at radius 2 is 1.06 bits per heavy atom. The number of nitrogens with two attached hydrogens (primary N) is 2. The fourth-order valence-corrected chi connectivity index (χ4v) is 0.319. The Morgan fingerprint density at radius 3 is 1.12 bits per heavy atom. The van der Waals surface area contributed by atoms with Crippen LogP contribution in [-0.2, 0) is 49.9 Å². The largest absolute Gasteiger partial charge is 2.00 e. The van der Waals surface area contributed by atoms with Crippen LogP contribution in [0.4, 0.5) is 0 Å². The van der Waals surface area contributed by atoms with Gasteiger partial charge in [0.1, 0.15) is 0 Å². The van der Waals surface area contributed by atoms with Crippen molar-refractivity contribution in [3.8, 4) is 0 Å². The fraction of sp³-hybridized carbons (Fsp3) is 0.333. The number of carbonyl (C=O) groups is 4. The van der Waals surface area contributed by atoms with E-state index in [4.69, 9.17) is 0 Å². The van der Waals surface area contributed by atoms with Gasteiger partial charge < -0.3 is 29.5 Å². The van der Waals surface area contributed by atoms with Crippen LogP contribution in [0.25, 0.3) is 0 Å². The maximum absolute atomic E-state index is 9.85. The second kappa shape index (κ2) is 12.6. The first-order valence-corrected chi connectivity index (χ1v) is 3.52. The molecule has 17 heavy (non-hydrogen) atoms. The molecule has 0 aliphatic heterocycles. The van der Waals surface area contributed by atoms with Crippen LogP contribution in [0.2, 0.25) is 0 Å². The normalized spacial score (nSPS) is 7.65. The quantitative estimate of drug-likeness (QED) is 0.323. The molecule has 0 bridgehead atoms. The van der Waals surface area contributed by atoms with Crippen molar-refractivity contribution in [3.05, 3.63) is 0 Å². The van der Waals surface area contributed by atoms with Crippen LogP contribution < -0.4 is 22.0 Å². The van der Waals surface area contributed by atoms with Crippen molar-refractivity contribution >= 4 is 23.9 Å². The minimum absolute atomic E-state index is 0. The molecule has 0 heterocycles. The van der Waals surface area contributed by atoms with E-state index in [1.165, 1.54) is 0 Å². The molecule has 4 N–H and O–H groups in total. The number of hydrogen-bond acceptors (Lipinski definition) is 10. The van der Waals surface area contributed by atoms with Gasteiger partial charge in [0.2, 0.25) is 0 Å². The molecule has 0 fully saturated rings. The maximum Gasteiger partial charge on any atom is 2.00 e. The van der Waals surface area contributed by atoms with Crippen LogP contribution in [0.15, 0.2) is 0 Å². The van der Waals surface area contributed by atoms with Gasteiger partial charge in [-0.05, 0) is 0 Å². The van der Waals surface area contributed by atoms with E-state index < -0.39 is 36.7 Å². The summed E-state index contributed by atoms with van der Waals surface area (Å²) >= 11 is 0. The van der Waals surface area contributed by atoms with Crippen molar-refractivity contribution in [2.24, 2.45) is 11.8 Å². The van der Waals surface area contributed by atoms with Crippen LogP contribution in [0.3, 0.4) is 0 Å². The van der Waals surface area contributed by atoms with Crippen molar-refractivity contribution in [1.29, 1.82) is 0 Å². The summed E-state index contributed by atoms with van der Waals surface area (Å²) in [5.41, 5.74) is 0. The predicted molar refractivity (Wildman–Crippen MR) is 39.8 cm³/mol. The summed E-state index contributed by atoms with van der Waals surface area (Å²) < 4.78 is 0. The van der Waals surface area contributed by atoms with Crippen LogP contribution in [0, 0.1) is 0 Å². The van der Waals surface area contributed by atoms with Gasteiger partial charge in [-0.3, -0.25) is 0 Å². The third-order valence-electron chi connectivity index (χ3n) is 0.840. The van der Waals surface area contributed by atoms with E-state index in [-0.39, 0.29) is 21.1 Å². The number of carbonyl (C=O) groups excluding carboxylic acids is 4. The molecule has 0 saturated carbocycles. The summed E-state index contributed by atoms with van der Waals surface area (Å²) in [4.78, 5) is 45.7. The third-order valence-corrected chi connectivity index (χ3v) is 0.840. The molecule has 0 saturated heterocycles. The standard InChI is InChI=1S/2C3H5NO4.Pt/c2*4-8-3(7)1-2(5)6;/h2*1,4H2,(H,5,6);/q;;+2/p-2. The van der Waals surface area contributed by atoms with E-state index in [1.54, 1.807) is 0 Å². The van der Waals surface area contributed by atoms with E-state index >= 15 is 0 Å². The summed E-state index contributed by atoms with van der Waals surface area (Å²) in [6.45, 7) is 0. The first kappa shape index (κ1) is 20.8. The molecule has 0 aromatic carbocycles. The number of rotatable bonds is 4. The van der Waals surface area contributed by atoms with Crippen LogP contribution >= 0.6 is 0 Å². The predicted octanol–water partition coefficient (Wildman–Crippen LogP) is -4.92. The molecule has 100 valence electrons. The van der Waals surface area contributed by atoms with Crippen LogP contribution in [0.5, 0.6) is 0 Å². The molecule has 11 heteroatoms. The van der Waals surface area contributed by atoms with Gasteiger partial charge in [0.15, 0.2) is 0 Å². The number of carboxylic acids is 2. The average molecular weight is 431 g/mol. The van der Waals surface area contributed by atoms with Gasteiger partial charge in [-0.2, -0.15) is 11.8 Å². The van der Waals surface area contributed by atoms with Crippen molar-refractivity contribution < 1.29 is 60.1 Å². The van der Waals surface area contributed by atoms with Gasteiger partial charge in [0.05, 0.1) is 24.8 Å². The Bertz CT molecular complexity index is 253. The Morgan fingerprint density at radius 1 is 0.824 bits per heavy atom. The Labute approximate surface area is 109 Å². The van der Waals surface area contributed by atoms with Crippen LogP contribution in [-0.4, -0.2) is 23.9 Å². The zero-order valence-electron chi connectivity index (χ0n) is 8.15. The summed E-state index contributed by atoms with van der Waals surface area (Å²) in [6, 6.07) is 0. The van der Waals surface area contributed by atoms with Gasteiger partial charge in [0, 0.05) is 0 Å². The average Bonchev–Trinajstić information content (AvgIpc) is 2.16. The topological polar surface area (TPSA) is 185 Å². The molecule has 0 aromatic heterocycles. The smallest absolute Gasteiger partial charge is 0.550 e. The summed E-state index contributed by atoms with van der Waals surface area (Å²) in [5, 5.41) is 19.0. The number of hydrogen-bond donors (Lipinski definition) is 2. The summed E-state index contributed by atoms with van der Waals surface area (Å²) in [6.07, 6.45) is -1.59. The fourth-order valence-electron chi connectivity index (χ4n) is 0.319. The van der Waals surface area contributed by atoms with Gasteiger partial charge in [0.25, 0.3) is 0 Å². The molecule has 0 amide bonds. The number of carboxylic acid groups (broad SMARTS) is 2. The monoisotopic (exact) mass is 431 g/mol. The van der Waals surface area contributed by atoms with Gasteiger partial charge in [-0.25, -0.2) is 9.59 Å². The Hall–Kier alpha value is -1.51. The molecule has 0 aliphatic rings. The first-order chi connectivity index (χ1) is 7.33. The Balaban J connectivity index is -0.000000218. The third kappa shape index (κ3) is 20.5. The number of aliphatic carboxylic acids is 2. The zero-order chi connectivity index (χ0) is 13.1. The zero-order valence-corrected chi connectivity index (χ0v) is 10.4. The molecule has 0 aliphatic carbocycles. The van der Waals surface area contributed by atoms with E-state index in [1.807, 2.05) is 0 Å². The van der Waals surface area contributed by atoms with Gasteiger partial charge >= 0.3 is 33.0 Å². The molecule has 0 spiro atoms. The second-order valence-electron chi connectivity index (χ2n) is 2.08. The summed E-state index contributed by atoms with van der Waals surface area (Å²) in [5.74, 6) is 3.54. The van der Waals surface area contributed by atoms with E-state index in [0.29, 0.717) is 0 Å². The van der Waals surface area contributed by atoms with Gasteiger partial charge in [-0.15, -0.1) is 0 Å². The summed E-state index contributed by atoms with van der Waals surface area (Å²) in [7, 11) is 0. The molecular weight excluding hydrogens is 423 g/mol. The van der Waals surface area contributed by atoms with E-state index in [2.05, 4.69) is 21.5 Å². The van der Waals surface area contributed by atoms with Crippen molar-refractivity contribution in [1.82, 2.24) is 0 Å². The molecule has 0 atom stereocenters. The van der Waals surface area contributed by atoms with Crippen molar-refractivity contribution in [3.63, 3.8) is 0 Å². The van der Waals surface area contributed by atoms with E-state index in [0.717, 1.165) is 0 Å². The first-order valence-electron chi connectivity index (χ1n) is 3.52. The molecular formula is C6H8N2O8Pt. The molecule has 0 rings (SSSR count). The van der Waals surface area contributed by atoms with Crippen molar-refractivity contribution in [2.45, 2.75) is 12.8 Å². The molecule has 0 unspecified atom stereocenters. The second-order valence-corrected chi connectivity index (χ2v) is 2.08. The SMILES string of the molecule is NOC(=O)CC(=O)[O-].NOC(=O)CC(=O)[O-].[Pt+2]. The van der Waals surface area contributed by atoms with E-state index in [9.17, 15) is 29.4 Å². The molecule has 0 aromatic rings. The Kier molecular flexibility index (Phi) is 15.4. The minimum atomic E-state index is -1.50. The molecule has 0 radical (unpaired) electrons. The van der Waals surface area contributed by atoms with Gasteiger partial charge in [-0.1, -0.05) is 0 Å². The molecule has 10 nitrogen and oxygen atoms in total. The maximum atomic E-state index is 9.85. The minimum Gasteiger partial charge on any atom is -0.550 e. The van der Waals surface area contributed by atoms with Crippen LogP contribution in [0.1, 0.15) is 12.8 Å².